The fourth-order valence-corrected chi connectivity index (χ4v) is 2.85. The van der Waals surface area contributed by atoms with E-state index in [1.54, 1.807) is 0 Å². The summed E-state index contributed by atoms with van der Waals surface area (Å²) in [7, 11) is 0. The lowest BCUT2D eigenvalue weighted by Crippen LogP contribution is -2.50. The fraction of sp³-hybridized carbons (Fsp3) is 0.450. The molecule has 1 saturated heterocycles. The van der Waals surface area contributed by atoms with Gasteiger partial charge in [0.25, 0.3) is 6.29 Å². The summed E-state index contributed by atoms with van der Waals surface area (Å²) in [5.41, 5.74) is 0.0934. The van der Waals surface area contributed by atoms with Crippen LogP contribution in [0.4, 0.5) is 30.7 Å². The Kier molecular flexibility index (Phi) is 7.25. The number of pyridine rings is 1. The Hall–Kier alpha value is -2.44. The van der Waals surface area contributed by atoms with Crippen LogP contribution < -0.4 is 4.74 Å². The van der Waals surface area contributed by atoms with Crippen LogP contribution in [0.1, 0.15) is 24.6 Å². The average Bonchev–Trinajstić information content (AvgIpc) is 2.72. The number of hydrogen-bond acceptors (Lipinski definition) is 5. The predicted octanol–water partition coefficient (Wildman–Crippen LogP) is 4.93. The zero-order valence-corrected chi connectivity index (χ0v) is 16.6. The number of benzene rings is 1. The maximum atomic E-state index is 14.3. The van der Waals surface area contributed by atoms with E-state index in [0.29, 0.717) is 6.42 Å². The third kappa shape index (κ3) is 5.67. The van der Waals surface area contributed by atoms with Gasteiger partial charge in [0.15, 0.2) is 17.5 Å². The van der Waals surface area contributed by atoms with Gasteiger partial charge in [-0.05, 0) is 18.1 Å². The van der Waals surface area contributed by atoms with E-state index in [2.05, 4.69) is 14.5 Å². The lowest BCUT2D eigenvalue weighted by molar-refractivity contribution is -0.377. The molecular formula is C20H18F7NO4. The van der Waals surface area contributed by atoms with Gasteiger partial charge in [-0.2, -0.15) is 17.6 Å². The summed E-state index contributed by atoms with van der Waals surface area (Å²) in [5.74, 6) is -6.37. The molecule has 2 heterocycles. The topological polar surface area (TPSA) is 49.8 Å². The van der Waals surface area contributed by atoms with E-state index in [9.17, 15) is 30.7 Å². The van der Waals surface area contributed by atoms with Crippen LogP contribution in [0.5, 0.6) is 5.75 Å². The third-order valence-corrected chi connectivity index (χ3v) is 4.33. The van der Waals surface area contributed by atoms with Gasteiger partial charge in [0.1, 0.15) is 17.5 Å². The first-order valence-corrected chi connectivity index (χ1v) is 9.47. The average molecular weight is 469 g/mol. The van der Waals surface area contributed by atoms with Crippen LogP contribution >= 0.6 is 0 Å². The van der Waals surface area contributed by atoms with Crippen molar-refractivity contribution in [2.75, 3.05) is 13.2 Å². The predicted molar refractivity (Wildman–Crippen MR) is 94.6 cm³/mol. The Morgan fingerprint density at radius 3 is 2.19 bits per heavy atom. The Bertz CT molecular complexity index is 896. The molecule has 0 spiro atoms. The number of ether oxygens (including phenoxy) is 4. The van der Waals surface area contributed by atoms with Gasteiger partial charge in [-0.25, -0.2) is 13.2 Å². The molecule has 0 radical (unpaired) electrons. The van der Waals surface area contributed by atoms with E-state index in [1.807, 2.05) is 6.92 Å². The zero-order valence-electron chi connectivity index (χ0n) is 16.6. The second-order valence-electron chi connectivity index (χ2n) is 6.92. The molecule has 0 aliphatic carbocycles. The number of aryl methyl sites for hydroxylation is 1. The quantitative estimate of drug-likeness (QED) is 0.406. The van der Waals surface area contributed by atoms with Gasteiger partial charge >= 0.3 is 12.2 Å². The second-order valence-corrected chi connectivity index (χ2v) is 6.92. The molecule has 1 aliphatic heterocycles. The van der Waals surface area contributed by atoms with Gasteiger partial charge in [0.05, 0.1) is 13.2 Å². The largest absolute Gasteiger partial charge is 0.451 e. The zero-order chi connectivity index (χ0) is 23.5. The van der Waals surface area contributed by atoms with E-state index in [-0.39, 0.29) is 12.1 Å². The molecule has 2 aromatic rings. The van der Waals surface area contributed by atoms with Gasteiger partial charge in [0, 0.05) is 18.3 Å². The summed E-state index contributed by atoms with van der Waals surface area (Å²) in [4.78, 5) is 3.67. The maximum absolute atomic E-state index is 14.3. The highest BCUT2D eigenvalue weighted by Gasteiger charge is 2.49. The van der Waals surface area contributed by atoms with Crippen LogP contribution in [0, 0.1) is 17.5 Å². The van der Waals surface area contributed by atoms with Crippen molar-refractivity contribution in [1.29, 1.82) is 0 Å². The third-order valence-electron chi connectivity index (χ3n) is 4.33. The first-order valence-electron chi connectivity index (χ1n) is 9.47. The molecular weight excluding hydrogens is 451 g/mol. The van der Waals surface area contributed by atoms with Crippen molar-refractivity contribution < 1.29 is 49.7 Å². The smallest absolute Gasteiger partial charge is 0.429 e. The molecule has 0 unspecified atom stereocenters. The molecule has 32 heavy (non-hydrogen) atoms. The minimum absolute atomic E-state index is 0.209. The van der Waals surface area contributed by atoms with E-state index < -0.39 is 66.7 Å². The minimum atomic E-state index is -4.28. The van der Waals surface area contributed by atoms with E-state index in [1.165, 1.54) is 12.3 Å². The van der Waals surface area contributed by atoms with Crippen molar-refractivity contribution in [3.63, 3.8) is 0 Å². The highest BCUT2D eigenvalue weighted by molar-refractivity contribution is 5.25. The molecule has 1 aromatic heterocycles. The highest BCUT2D eigenvalue weighted by atomic mass is 19.3. The molecule has 1 aromatic carbocycles. The first kappa shape index (κ1) is 24.2. The molecule has 3 rings (SSSR count). The molecule has 0 N–H and O–H groups in total. The van der Waals surface area contributed by atoms with Crippen molar-refractivity contribution in [3.05, 3.63) is 59.2 Å². The Balaban J connectivity index is 1.57. The van der Waals surface area contributed by atoms with Crippen LogP contribution in [0.25, 0.3) is 0 Å². The van der Waals surface area contributed by atoms with Crippen LogP contribution in [0.3, 0.4) is 0 Å². The normalized spacial score (nSPS) is 19.8. The summed E-state index contributed by atoms with van der Waals surface area (Å²) in [6.07, 6.45) is -9.16. The van der Waals surface area contributed by atoms with Gasteiger partial charge in [-0.1, -0.05) is 19.4 Å². The van der Waals surface area contributed by atoms with E-state index in [0.717, 1.165) is 18.1 Å². The second kappa shape index (κ2) is 9.59. The molecule has 1 aliphatic rings. The van der Waals surface area contributed by atoms with Crippen molar-refractivity contribution in [1.82, 2.24) is 4.98 Å². The van der Waals surface area contributed by atoms with Crippen molar-refractivity contribution >= 4 is 0 Å². The van der Waals surface area contributed by atoms with Gasteiger partial charge < -0.3 is 18.9 Å². The Morgan fingerprint density at radius 1 is 1.03 bits per heavy atom. The number of halogens is 7. The van der Waals surface area contributed by atoms with Crippen molar-refractivity contribution in [2.45, 2.75) is 44.4 Å². The van der Waals surface area contributed by atoms with Crippen LogP contribution in [0.2, 0.25) is 0 Å². The summed E-state index contributed by atoms with van der Waals surface area (Å²) < 4.78 is 114. The van der Waals surface area contributed by atoms with E-state index >= 15 is 0 Å². The monoisotopic (exact) mass is 469 g/mol. The van der Waals surface area contributed by atoms with Crippen LogP contribution in [-0.4, -0.2) is 36.7 Å². The summed E-state index contributed by atoms with van der Waals surface area (Å²) in [6.45, 7) is 0.477. The number of rotatable bonds is 8. The minimum Gasteiger partial charge on any atom is -0.429 e. The summed E-state index contributed by atoms with van der Waals surface area (Å²) >= 11 is 0. The summed E-state index contributed by atoms with van der Waals surface area (Å²) in [5, 5.41) is 0. The Labute approximate surface area is 178 Å². The SMILES string of the molecule is CCCc1ccc(C(F)(F)OC2COC(C(F)(F)Oc3cc(F)c(F)c(F)c3)OC2)nc1. The standard InChI is InChI=1S/C20H18F7NO4/c1-2-3-11-4-5-16(28-8-11)19(24,25)32-13-9-29-18(30-10-13)20(26,27)31-12-6-14(21)17(23)15(22)7-12/h4-8,13,18H,2-3,9-10H2,1H3. The Morgan fingerprint density at radius 2 is 1.66 bits per heavy atom. The van der Waals surface area contributed by atoms with Crippen LogP contribution in [0.15, 0.2) is 30.5 Å². The van der Waals surface area contributed by atoms with Crippen molar-refractivity contribution in [3.8, 4) is 5.75 Å². The maximum Gasteiger partial charge on any atom is 0.451 e. The van der Waals surface area contributed by atoms with E-state index in [4.69, 9.17) is 9.47 Å². The molecule has 0 saturated carbocycles. The highest BCUT2D eigenvalue weighted by Crippen LogP contribution is 2.34. The molecule has 1 fully saturated rings. The lowest BCUT2D eigenvalue weighted by Gasteiger charge is -2.34. The lowest BCUT2D eigenvalue weighted by atomic mass is 10.1. The van der Waals surface area contributed by atoms with Gasteiger partial charge in [0.2, 0.25) is 0 Å². The molecule has 0 bridgehead atoms. The van der Waals surface area contributed by atoms with Crippen LogP contribution in [-0.2, 0) is 26.7 Å². The molecule has 12 heteroatoms. The van der Waals surface area contributed by atoms with Crippen molar-refractivity contribution in [2.24, 2.45) is 0 Å². The fourth-order valence-electron chi connectivity index (χ4n) is 2.85. The number of nitrogens with zero attached hydrogens (tertiary/aromatic N) is 1. The molecule has 5 nitrogen and oxygen atoms in total. The molecule has 0 amide bonds. The first-order chi connectivity index (χ1) is 15.0. The summed E-state index contributed by atoms with van der Waals surface area (Å²) in [6, 6.07) is 2.99. The number of aromatic nitrogens is 1. The molecule has 0 atom stereocenters. The van der Waals surface area contributed by atoms with Gasteiger partial charge in [-0.3, -0.25) is 4.98 Å². The number of hydrogen-bond donors (Lipinski definition) is 0. The van der Waals surface area contributed by atoms with Gasteiger partial charge in [-0.15, -0.1) is 0 Å². The number of alkyl halides is 4. The molecule has 176 valence electrons.